The van der Waals surface area contributed by atoms with Gasteiger partial charge in [-0.2, -0.15) is 0 Å². The molecular weight excluding hydrogens is 561 g/mol. The van der Waals surface area contributed by atoms with E-state index >= 15 is 0 Å². The Morgan fingerprint density at radius 1 is 0.974 bits per heavy atom. The van der Waals surface area contributed by atoms with E-state index in [1.165, 1.54) is 17.8 Å². The molecule has 0 unspecified atom stereocenters. The molecule has 0 saturated carbocycles. The van der Waals surface area contributed by atoms with E-state index in [0.717, 1.165) is 11.4 Å². The fourth-order valence-corrected chi connectivity index (χ4v) is 4.82. The van der Waals surface area contributed by atoms with Crippen LogP contribution in [-0.4, -0.2) is 46.0 Å². The molecule has 4 aromatic rings. The summed E-state index contributed by atoms with van der Waals surface area (Å²) in [6.07, 6.45) is 0. The minimum atomic E-state index is -0.383. The molecule has 202 valence electrons. The van der Waals surface area contributed by atoms with Crippen molar-refractivity contribution < 1.29 is 19.1 Å². The molecule has 1 aromatic heterocycles. The Labute approximate surface area is 239 Å². The molecular formula is C27H25Cl2N5O4S. The number of benzene rings is 3. The number of carbonyl (C=O) groups is 2. The lowest BCUT2D eigenvalue weighted by molar-refractivity contribution is -0.113. The molecule has 0 radical (unpaired) electrons. The third-order valence-electron chi connectivity index (χ3n) is 5.40. The number of methoxy groups -OCH3 is 1. The summed E-state index contributed by atoms with van der Waals surface area (Å²) in [5, 5.41) is 15.4. The van der Waals surface area contributed by atoms with Crippen LogP contribution in [0.3, 0.4) is 0 Å². The first-order chi connectivity index (χ1) is 18.9. The van der Waals surface area contributed by atoms with Gasteiger partial charge in [-0.1, -0.05) is 35.0 Å². The van der Waals surface area contributed by atoms with Gasteiger partial charge in [0, 0.05) is 16.4 Å². The molecule has 0 aliphatic heterocycles. The van der Waals surface area contributed by atoms with Crippen LogP contribution in [0.4, 0.5) is 5.69 Å². The normalized spacial score (nSPS) is 10.7. The highest BCUT2D eigenvalue weighted by molar-refractivity contribution is 7.99. The predicted molar refractivity (Wildman–Crippen MR) is 153 cm³/mol. The second-order valence-corrected chi connectivity index (χ2v) is 9.82. The minimum absolute atomic E-state index is 0.0661. The number of aromatic nitrogens is 3. The number of thioether (sulfide) groups is 1. The van der Waals surface area contributed by atoms with Crippen molar-refractivity contribution >= 4 is 52.5 Å². The largest absolute Gasteiger partial charge is 0.497 e. The average Bonchev–Trinajstić information content (AvgIpc) is 3.34. The Balaban J connectivity index is 1.51. The summed E-state index contributed by atoms with van der Waals surface area (Å²) in [5.74, 6) is 1.38. The van der Waals surface area contributed by atoms with Gasteiger partial charge < -0.3 is 20.1 Å². The molecule has 0 bridgehead atoms. The molecule has 1 heterocycles. The maximum Gasteiger partial charge on any atom is 0.253 e. The predicted octanol–water partition coefficient (Wildman–Crippen LogP) is 5.64. The smallest absolute Gasteiger partial charge is 0.253 e. The van der Waals surface area contributed by atoms with Crippen molar-refractivity contribution in [1.82, 2.24) is 20.1 Å². The van der Waals surface area contributed by atoms with E-state index in [1.807, 2.05) is 31.2 Å². The van der Waals surface area contributed by atoms with Gasteiger partial charge in [-0.15, -0.1) is 10.2 Å². The van der Waals surface area contributed by atoms with Gasteiger partial charge in [0.25, 0.3) is 5.91 Å². The quantitative estimate of drug-likeness (QED) is 0.219. The van der Waals surface area contributed by atoms with Gasteiger partial charge in [-0.3, -0.25) is 14.2 Å². The Kier molecular flexibility index (Phi) is 9.69. The third-order valence-corrected chi connectivity index (χ3v) is 6.87. The number of rotatable bonds is 11. The van der Waals surface area contributed by atoms with Crippen LogP contribution in [0.15, 0.2) is 71.9 Å². The second-order valence-electron chi connectivity index (χ2n) is 8.03. The summed E-state index contributed by atoms with van der Waals surface area (Å²) < 4.78 is 12.5. The molecule has 0 atom stereocenters. The van der Waals surface area contributed by atoms with Crippen molar-refractivity contribution in [2.45, 2.75) is 18.6 Å². The van der Waals surface area contributed by atoms with Crippen molar-refractivity contribution in [3.8, 4) is 17.2 Å². The standard InChI is InChI=1S/C27H25Cl2N5O4S/c1-3-38-21-11-7-19(8-12-21)34-24(15-30-26(36)22-13-4-17(28)14-23(22)29)32-33-27(34)39-16-25(35)31-18-5-9-20(37-2)10-6-18/h4-14H,3,15-16H2,1-2H3,(H,30,36)(H,31,35). The average molecular weight is 587 g/mol. The van der Waals surface area contributed by atoms with Crippen molar-refractivity contribution in [3.05, 3.63) is 88.2 Å². The van der Waals surface area contributed by atoms with E-state index in [1.54, 1.807) is 48.1 Å². The number of nitrogens with zero attached hydrogens (tertiary/aromatic N) is 3. The number of anilines is 1. The molecule has 12 heteroatoms. The summed E-state index contributed by atoms with van der Waals surface area (Å²) >= 11 is 13.3. The van der Waals surface area contributed by atoms with Crippen LogP contribution in [0.1, 0.15) is 23.1 Å². The Morgan fingerprint density at radius 2 is 1.69 bits per heavy atom. The van der Waals surface area contributed by atoms with Crippen molar-refractivity contribution in [2.75, 3.05) is 24.8 Å². The molecule has 2 N–H and O–H groups in total. The van der Waals surface area contributed by atoms with Crippen molar-refractivity contribution in [2.24, 2.45) is 0 Å². The Bertz CT molecular complexity index is 1450. The van der Waals surface area contributed by atoms with Gasteiger partial charge in [0.15, 0.2) is 11.0 Å². The van der Waals surface area contributed by atoms with E-state index in [2.05, 4.69) is 20.8 Å². The van der Waals surface area contributed by atoms with Crippen LogP contribution in [0.5, 0.6) is 11.5 Å². The van der Waals surface area contributed by atoms with E-state index < -0.39 is 0 Å². The van der Waals surface area contributed by atoms with Crippen LogP contribution in [0.25, 0.3) is 5.69 Å². The number of hydrogen-bond donors (Lipinski definition) is 2. The lowest BCUT2D eigenvalue weighted by Crippen LogP contribution is -2.25. The number of carbonyl (C=O) groups excluding carboxylic acids is 2. The fourth-order valence-electron chi connectivity index (χ4n) is 3.56. The summed E-state index contributed by atoms with van der Waals surface area (Å²) in [7, 11) is 1.58. The molecule has 0 fully saturated rings. The molecule has 4 rings (SSSR count). The van der Waals surface area contributed by atoms with Crippen molar-refractivity contribution in [3.63, 3.8) is 0 Å². The molecule has 39 heavy (non-hydrogen) atoms. The Hall–Kier alpha value is -3.73. The Morgan fingerprint density at radius 3 is 2.36 bits per heavy atom. The first kappa shape index (κ1) is 28.3. The lowest BCUT2D eigenvalue weighted by Gasteiger charge is -2.12. The monoisotopic (exact) mass is 585 g/mol. The van der Waals surface area contributed by atoms with Crippen LogP contribution in [0, 0.1) is 0 Å². The minimum Gasteiger partial charge on any atom is -0.497 e. The van der Waals surface area contributed by atoms with Gasteiger partial charge in [-0.05, 0) is 73.7 Å². The fraction of sp³-hybridized carbons (Fsp3) is 0.185. The molecule has 0 aliphatic rings. The van der Waals surface area contributed by atoms with Gasteiger partial charge in [0.05, 0.1) is 36.6 Å². The van der Waals surface area contributed by atoms with E-state index in [9.17, 15) is 9.59 Å². The zero-order chi connectivity index (χ0) is 27.8. The number of nitrogens with one attached hydrogen (secondary N) is 2. The maximum absolute atomic E-state index is 12.8. The van der Waals surface area contributed by atoms with Gasteiger partial charge in [0.1, 0.15) is 11.5 Å². The van der Waals surface area contributed by atoms with Gasteiger partial charge in [0.2, 0.25) is 5.91 Å². The zero-order valence-corrected chi connectivity index (χ0v) is 23.4. The van der Waals surface area contributed by atoms with Gasteiger partial charge in [-0.25, -0.2) is 0 Å². The topological polar surface area (TPSA) is 107 Å². The number of amides is 2. The highest BCUT2D eigenvalue weighted by atomic mass is 35.5. The molecule has 2 amide bonds. The third kappa shape index (κ3) is 7.44. The molecule has 0 aliphatic carbocycles. The molecule has 9 nitrogen and oxygen atoms in total. The highest BCUT2D eigenvalue weighted by Crippen LogP contribution is 2.25. The van der Waals surface area contributed by atoms with Crippen molar-refractivity contribution in [1.29, 1.82) is 0 Å². The lowest BCUT2D eigenvalue weighted by atomic mass is 10.2. The van der Waals surface area contributed by atoms with E-state index in [0.29, 0.717) is 34.0 Å². The number of hydrogen-bond acceptors (Lipinski definition) is 7. The van der Waals surface area contributed by atoms with E-state index in [-0.39, 0.29) is 34.7 Å². The first-order valence-corrected chi connectivity index (χ1v) is 13.6. The zero-order valence-electron chi connectivity index (χ0n) is 21.1. The second kappa shape index (κ2) is 13.4. The van der Waals surface area contributed by atoms with Crippen LogP contribution < -0.4 is 20.1 Å². The van der Waals surface area contributed by atoms with E-state index in [4.69, 9.17) is 32.7 Å². The summed E-state index contributed by atoms with van der Waals surface area (Å²) in [4.78, 5) is 25.4. The maximum atomic E-state index is 12.8. The summed E-state index contributed by atoms with van der Waals surface area (Å²) in [5.41, 5.74) is 1.69. The van der Waals surface area contributed by atoms with Gasteiger partial charge >= 0.3 is 0 Å². The summed E-state index contributed by atoms with van der Waals surface area (Å²) in [6, 6.07) is 19.1. The number of halogens is 2. The van der Waals surface area contributed by atoms with Crippen LogP contribution in [-0.2, 0) is 11.3 Å². The molecule has 0 saturated heterocycles. The first-order valence-electron chi connectivity index (χ1n) is 11.9. The molecule has 3 aromatic carbocycles. The number of ether oxygens (including phenoxy) is 2. The highest BCUT2D eigenvalue weighted by Gasteiger charge is 2.18. The van der Waals surface area contributed by atoms with Crippen LogP contribution in [0.2, 0.25) is 10.0 Å². The molecule has 0 spiro atoms. The summed E-state index contributed by atoms with van der Waals surface area (Å²) in [6.45, 7) is 2.52. The van der Waals surface area contributed by atoms with Crippen LogP contribution >= 0.6 is 35.0 Å². The SMILES string of the molecule is CCOc1ccc(-n2c(CNC(=O)c3ccc(Cl)cc3Cl)nnc2SCC(=O)Nc2ccc(OC)cc2)cc1.